The number of aromatic nitrogens is 3. The maximum atomic E-state index is 5.49. The highest BCUT2D eigenvalue weighted by molar-refractivity contribution is 5.42. The van der Waals surface area contributed by atoms with Crippen LogP contribution in [-0.4, -0.2) is 40.8 Å². The zero-order chi connectivity index (χ0) is 13.1. The topological polar surface area (TPSA) is 52.0 Å². The summed E-state index contributed by atoms with van der Waals surface area (Å²) in [6.45, 7) is 4.60. The summed E-state index contributed by atoms with van der Waals surface area (Å²) < 4.78 is 5.49. The number of ether oxygens (including phenoxy) is 1. The Kier molecular flexibility index (Phi) is 3.57. The molecule has 1 fully saturated rings. The predicted octanol–water partition coefficient (Wildman–Crippen LogP) is 1.11. The predicted molar refractivity (Wildman–Crippen MR) is 72.4 cm³/mol. The van der Waals surface area contributed by atoms with Crippen molar-refractivity contribution in [3.8, 4) is 5.69 Å². The van der Waals surface area contributed by atoms with Crippen molar-refractivity contribution in [1.82, 2.24) is 20.3 Å². The number of hydrogen-bond acceptors (Lipinski definition) is 4. The zero-order valence-electron chi connectivity index (χ0n) is 11.0. The monoisotopic (exact) mass is 258 g/mol. The molecule has 100 valence electrons. The van der Waals surface area contributed by atoms with Crippen LogP contribution in [0.25, 0.3) is 5.69 Å². The Labute approximate surface area is 112 Å². The van der Waals surface area contributed by atoms with Gasteiger partial charge in [0.25, 0.3) is 0 Å². The average molecular weight is 258 g/mol. The van der Waals surface area contributed by atoms with E-state index in [1.807, 2.05) is 0 Å². The smallest absolute Gasteiger partial charge is 0.0888 e. The molecule has 1 unspecified atom stereocenters. The fourth-order valence-electron chi connectivity index (χ4n) is 2.37. The Hall–Kier alpha value is -1.72. The lowest BCUT2D eigenvalue weighted by Crippen LogP contribution is -2.42. The summed E-state index contributed by atoms with van der Waals surface area (Å²) in [6, 6.07) is 6.84. The summed E-state index contributed by atoms with van der Waals surface area (Å²) in [5.74, 6) is 0. The number of rotatable bonds is 3. The molecule has 1 N–H and O–H groups in total. The second kappa shape index (κ2) is 5.50. The number of nitrogens with one attached hydrogen (secondary N) is 1. The third kappa shape index (κ3) is 2.83. The highest BCUT2D eigenvalue weighted by Crippen LogP contribution is 2.16. The van der Waals surface area contributed by atoms with Crippen molar-refractivity contribution in [1.29, 1.82) is 0 Å². The number of nitrogens with zero attached hydrogens (tertiary/aromatic N) is 3. The quantitative estimate of drug-likeness (QED) is 0.896. The van der Waals surface area contributed by atoms with E-state index in [0.29, 0.717) is 6.04 Å². The highest BCUT2D eigenvalue weighted by Gasteiger charge is 2.14. The number of benzene rings is 1. The van der Waals surface area contributed by atoms with Gasteiger partial charge >= 0.3 is 0 Å². The van der Waals surface area contributed by atoms with Gasteiger partial charge in [0.05, 0.1) is 31.3 Å². The van der Waals surface area contributed by atoms with Crippen LogP contribution < -0.4 is 5.32 Å². The standard InChI is InChI=1S/C14H18N4O/c1-11-2-3-12(8-13-10-19-7-6-15-13)9-14(11)18-16-4-5-17-18/h2-5,9,13,15H,6-8,10H2,1H3. The summed E-state index contributed by atoms with van der Waals surface area (Å²) in [5.41, 5.74) is 3.49. The van der Waals surface area contributed by atoms with Crippen LogP contribution in [0.3, 0.4) is 0 Å². The van der Waals surface area contributed by atoms with Crippen molar-refractivity contribution >= 4 is 0 Å². The van der Waals surface area contributed by atoms with Crippen LogP contribution in [0.15, 0.2) is 30.6 Å². The molecule has 0 aliphatic carbocycles. The van der Waals surface area contributed by atoms with Gasteiger partial charge in [0.1, 0.15) is 0 Å². The summed E-state index contributed by atoms with van der Waals surface area (Å²) in [4.78, 5) is 1.67. The molecular formula is C14H18N4O. The molecule has 1 aliphatic heterocycles. The molecule has 3 rings (SSSR count). The highest BCUT2D eigenvalue weighted by atomic mass is 16.5. The normalized spacial score (nSPS) is 19.5. The second-order valence-corrected chi connectivity index (χ2v) is 4.87. The average Bonchev–Trinajstić information content (AvgIpc) is 2.96. The summed E-state index contributed by atoms with van der Waals surface area (Å²) in [6.07, 6.45) is 4.36. The molecule has 0 bridgehead atoms. The Balaban J connectivity index is 1.81. The van der Waals surface area contributed by atoms with Gasteiger partial charge in [-0.3, -0.25) is 0 Å². The van der Waals surface area contributed by atoms with E-state index in [-0.39, 0.29) is 0 Å². The van der Waals surface area contributed by atoms with Crippen molar-refractivity contribution < 1.29 is 4.74 Å². The third-order valence-electron chi connectivity index (χ3n) is 3.39. The first kappa shape index (κ1) is 12.3. The fourth-order valence-corrected chi connectivity index (χ4v) is 2.37. The number of hydrogen-bond donors (Lipinski definition) is 1. The van der Waals surface area contributed by atoms with E-state index in [4.69, 9.17) is 4.74 Å². The van der Waals surface area contributed by atoms with E-state index in [1.165, 1.54) is 11.1 Å². The molecule has 0 spiro atoms. The molecule has 1 aromatic carbocycles. The second-order valence-electron chi connectivity index (χ2n) is 4.87. The maximum absolute atomic E-state index is 5.49. The lowest BCUT2D eigenvalue weighted by Gasteiger charge is -2.24. The molecule has 5 heteroatoms. The Bertz CT molecular complexity index is 532. The maximum Gasteiger partial charge on any atom is 0.0888 e. The minimum atomic E-state index is 0.398. The van der Waals surface area contributed by atoms with Crippen molar-refractivity contribution in [3.63, 3.8) is 0 Å². The molecule has 0 radical (unpaired) electrons. The van der Waals surface area contributed by atoms with Gasteiger partial charge in [-0.15, -0.1) is 0 Å². The SMILES string of the molecule is Cc1ccc(CC2COCCN2)cc1-n1nccn1. The van der Waals surface area contributed by atoms with Crippen LogP contribution in [0.1, 0.15) is 11.1 Å². The lowest BCUT2D eigenvalue weighted by molar-refractivity contribution is 0.0770. The van der Waals surface area contributed by atoms with Gasteiger partial charge < -0.3 is 10.1 Å². The first-order valence-electron chi connectivity index (χ1n) is 6.60. The van der Waals surface area contributed by atoms with Crippen molar-refractivity contribution in [2.24, 2.45) is 0 Å². The molecule has 19 heavy (non-hydrogen) atoms. The molecule has 1 atom stereocenters. The molecule has 1 aromatic heterocycles. The van der Waals surface area contributed by atoms with E-state index in [9.17, 15) is 0 Å². The fraction of sp³-hybridized carbons (Fsp3) is 0.429. The summed E-state index contributed by atoms with van der Waals surface area (Å²) >= 11 is 0. The zero-order valence-corrected chi connectivity index (χ0v) is 11.0. The third-order valence-corrected chi connectivity index (χ3v) is 3.39. The largest absolute Gasteiger partial charge is 0.379 e. The lowest BCUT2D eigenvalue weighted by atomic mass is 10.0. The Morgan fingerprint density at radius 3 is 2.95 bits per heavy atom. The first-order valence-corrected chi connectivity index (χ1v) is 6.60. The van der Waals surface area contributed by atoms with Crippen molar-refractivity contribution in [2.45, 2.75) is 19.4 Å². The van der Waals surface area contributed by atoms with Gasteiger partial charge in [-0.25, -0.2) is 0 Å². The molecule has 2 aromatic rings. The van der Waals surface area contributed by atoms with Crippen LogP contribution in [0.2, 0.25) is 0 Å². The van der Waals surface area contributed by atoms with Gasteiger partial charge in [0, 0.05) is 12.6 Å². The molecule has 0 saturated carbocycles. The Morgan fingerprint density at radius 2 is 2.21 bits per heavy atom. The minimum absolute atomic E-state index is 0.398. The molecule has 2 heterocycles. The van der Waals surface area contributed by atoms with E-state index in [1.54, 1.807) is 17.2 Å². The molecule has 1 saturated heterocycles. The summed E-state index contributed by atoms with van der Waals surface area (Å²) in [5, 5.41) is 11.9. The number of aryl methyl sites for hydroxylation is 1. The first-order chi connectivity index (χ1) is 9.33. The molecular weight excluding hydrogens is 240 g/mol. The van der Waals surface area contributed by atoms with E-state index in [0.717, 1.165) is 31.9 Å². The van der Waals surface area contributed by atoms with Crippen LogP contribution in [-0.2, 0) is 11.2 Å². The van der Waals surface area contributed by atoms with Gasteiger partial charge in [-0.1, -0.05) is 12.1 Å². The van der Waals surface area contributed by atoms with Gasteiger partial charge in [-0.2, -0.15) is 15.0 Å². The molecule has 1 aliphatic rings. The van der Waals surface area contributed by atoms with Gasteiger partial charge in [0.15, 0.2) is 0 Å². The van der Waals surface area contributed by atoms with E-state index >= 15 is 0 Å². The van der Waals surface area contributed by atoms with E-state index < -0.39 is 0 Å². The van der Waals surface area contributed by atoms with Crippen LogP contribution in [0.4, 0.5) is 0 Å². The number of morpholine rings is 1. The van der Waals surface area contributed by atoms with Crippen LogP contribution >= 0.6 is 0 Å². The Morgan fingerprint density at radius 1 is 1.37 bits per heavy atom. The van der Waals surface area contributed by atoms with E-state index in [2.05, 4.69) is 40.6 Å². The molecule has 5 nitrogen and oxygen atoms in total. The van der Waals surface area contributed by atoms with Crippen molar-refractivity contribution in [2.75, 3.05) is 19.8 Å². The van der Waals surface area contributed by atoms with Gasteiger partial charge in [0.2, 0.25) is 0 Å². The summed E-state index contributed by atoms with van der Waals surface area (Å²) in [7, 11) is 0. The van der Waals surface area contributed by atoms with Crippen LogP contribution in [0.5, 0.6) is 0 Å². The van der Waals surface area contributed by atoms with Crippen LogP contribution in [0, 0.1) is 6.92 Å². The van der Waals surface area contributed by atoms with Gasteiger partial charge in [-0.05, 0) is 30.5 Å². The minimum Gasteiger partial charge on any atom is -0.379 e. The molecule has 0 amide bonds. The van der Waals surface area contributed by atoms with Crippen molar-refractivity contribution in [3.05, 3.63) is 41.7 Å².